The maximum absolute atomic E-state index is 13.0. The molecular weight excluding hydrogens is 448 g/mol. The van der Waals surface area contributed by atoms with Crippen LogP contribution >= 0.6 is 0 Å². The molecule has 4 rings (SSSR count). The van der Waals surface area contributed by atoms with Gasteiger partial charge in [0.05, 0.1) is 21.4 Å². The number of benzene rings is 2. The number of nitro benzene ring substituents is 1. The molecule has 10 nitrogen and oxygen atoms in total. The summed E-state index contributed by atoms with van der Waals surface area (Å²) in [6.07, 6.45) is 3.02. The summed E-state index contributed by atoms with van der Waals surface area (Å²) in [5.41, 5.74) is 5.42. The molecule has 0 radical (unpaired) electrons. The Morgan fingerprint density at radius 2 is 1.88 bits per heavy atom. The highest BCUT2D eigenvalue weighted by atomic mass is 32.2. The average Bonchev–Trinajstić information content (AvgIpc) is 2.82. The van der Waals surface area contributed by atoms with Gasteiger partial charge in [-0.1, -0.05) is 24.3 Å². The summed E-state index contributed by atoms with van der Waals surface area (Å²) in [4.78, 5) is 22.0. The highest BCUT2D eigenvalue weighted by Gasteiger charge is 2.33. The van der Waals surface area contributed by atoms with Gasteiger partial charge in [0, 0.05) is 24.7 Å². The van der Waals surface area contributed by atoms with E-state index in [1.807, 2.05) is 24.3 Å². The second kappa shape index (κ2) is 9.28. The topological polar surface area (TPSA) is 142 Å². The normalized spacial score (nSPS) is 18.6. The van der Waals surface area contributed by atoms with Gasteiger partial charge in [0.1, 0.15) is 5.69 Å². The Morgan fingerprint density at radius 1 is 1.15 bits per heavy atom. The van der Waals surface area contributed by atoms with E-state index in [2.05, 4.69) is 10.5 Å². The smallest absolute Gasteiger partial charge is 0.306 e. The van der Waals surface area contributed by atoms with Crippen LogP contribution in [0.5, 0.6) is 0 Å². The molecule has 1 saturated heterocycles. The number of rotatable bonds is 6. The lowest BCUT2D eigenvalue weighted by atomic mass is 9.90. The number of piperidine rings is 1. The van der Waals surface area contributed by atoms with E-state index in [0.717, 1.165) is 36.6 Å². The Balaban J connectivity index is 1.58. The number of anilines is 1. The number of aliphatic carboxylic acids is 1. The van der Waals surface area contributed by atoms with Gasteiger partial charge in [-0.25, -0.2) is 8.42 Å². The zero-order valence-corrected chi connectivity index (χ0v) is 18.6. The van der Waals surface area contributed by atoms with Gasteiger partial charge >= 0.3 is 5.97 Å². The average molecular weight is 473 g/mol. The van der Waals surface area contributed by atoms with Crippen molar-refractivity contribution in [1.29, 1.82) is 0 Å². The molecule has 0 spiro atoms. The summed E-state index contributed by atoms with van der Waals surface area (Å²) in [7, 11) is -3.99. The highest BCUT2D eigenvalue weighted by Crippen LogP contribution is 2.31. The number of hydrazone groups is 1. The number of carbonyl (C=O) groups is 1. The van der Waals surface area contributed by atoms with Gasteiger partial charge in [-0.05, 0) is 49.8 Å². The first kappa shape index (κ1) is 22.9. The van der Waals surface area contributed by atoms with Crippen molar-refractivity contribution in [3.8, 4) is 0 Å². The molecule has 2 aromatic rings. The molecule has 1 aliphatic heterocycles. The Morgan fingerprint density at radius 3 is 2.58 bits per heavy atom. The monoisotopic (exact) mass is 472 g/mol. The highest BCUT2D eigenvalue weighted by molar-refractivity contribution is 7.89. The molecule has 2 aliphatic rings. The number of aryl methyl sites for hydroxylation is 1. The Labute approximate surface area is 191 Å². The molecule has 0 amide bonds. The molecule has 11 heteroatoms. The number of hydrogen-bond acceptors (Lipinski definition) is 7. The lowest BCUT2D eigenvalue weighted by molar-refractivity contribution is -0.384. The van der Waals surface area contributed by atoms with Crippen LogP contribution in [0, 0.1) is 16.0 Å². The third-order valence-electron chi connectivity index (χ3n) is 6.11. The number of nitrogens with one attached hydrogen (secondary N) is 1. The number of hydrogen-bond donors (Lipinski definition) is 2. The maximum Gasteiger partial charge on any atom is 0.306 e. The lowest BCUT2D eigenvalue weighted by Crippen LogP contribution is -2.40. The molecule has 1 fully saturated rings. The largest absolute Gasteiger partial charge is 0.481 e. The minimum absolute atomic E-state index is 0.0557. The fraction of sp³-hybridized carbons (Fsp3) is 0.364. The third-order valence-corrected chi connectivity index (χ3v) is 8.00. The van der Waals surface area contributed by atoms with Gasteiger partial charge in [-0.3, -0.25) is 20.3 Å². The molecule has 1 heterocycles. The van der Waals surface area contributed by atoms with E-state index in [1.165, 1.54) is 22.0 Å². The first-order valence-corrected chi connectivity index (χ1v) is 12.1. The summed E-state index contributed by atoms with van der Waals surface area (Å²) >= 11 is 0. The van der Waals surface area contributed by atoms with Crippen LogP contribution in [0.3, 0.4) is 0 Å². The van der Waals surface area contributed by atoms with Crippen LogP contribution < -0.4 is 5.43 Å². The Hall–Kier alpha value is -3.31. The number of fused-ring (bicyclic) bond motifs is 1. The Kier molecular flexibility index (Phi) is 6.43. The van der Waals surface area contributed by atoms with E-state index in [9.17, 15) is 23.3 Å². The van der Waals surface area contributed by atoms with E-state index in [4.69, 9.17) is 5.11 Å². The second-order valence-electron chi connectivity index (χ2n) is 8.13. The van der Waals surface area contributed by atoms with Crippen LogP contribution in [0.15, 0.2) is 52.5 Å². The minimum atomic E-state index is -3.99. The molecule has 0 saturated carbocycles. The molecule has 0 bridgehead atoms. The van der Waals surface area contributed by atoms with Crippen molar-refractivity contribution >= 4 is 33.1 Å². The van der Waals surface area contributed by atoms with Crippen LogP contribution in [0.1, 0.15) is 36.8 Å². The number of nitro groups is 1. The van der Waals surface area contributed by atoms with Crippen LogP contribution in [-0.2, 0) is 21.2 Å². The molecule has 33 heavy (non-hydrogen) atoms. The molecule has 1 aliphatic carbocycles. The lowest BCUT2D eigenvalue weighted by Gasteiger charge is -2.29. The number of carboxylic acids is 1. The third kappa shape index (κ3) is 4.74. The molecule has 2 aromatic carbocycles. The number of nitrogens with zero attached hydrogens (tertiary/aromatic N) is 3. The van der Waals surface area contributed by atoms with Crippen molar-refractivity contribution in [2.45, 2.75) is 37.0 Å². The van der Waals surface area contributed by atoms with Crippen molar-refractivity contribution in [2.75, 3.05) is 18.5 Å². The van der Waals surface area contributed by atoms with Crippen molar-refractivity contribution in [2.24, 2.45) is 11.0 Å². The van der Waals surface area contributed by atoms with Gasteiger partial charge < -0.3 is 5.11 Å². The molecule has 2 N–H and O–H groups in total. The first-order chi connectivity index (χ1) is 15.8. The van der Waals surface area contributed by atoms with Crippen LogP contribution in [0.2, 0.25) is 0 Å². The maximum atomic E-state index is 13.0. The van der Waals surface area contributed by atoms with Crippen molar-refractivity contribution < 1.29 is 23.2 Å². The Bertz CT molecular complexity index is 1220. The predicted molar refractivity (Wildman–Crippen MR) is 122 cm³/mol. The summed E-state index contributed by atoms with van der Waals surface area (Å²) in [5, 5.41) is 25.2. The van der Waals surface area contributed by atoms with E-state index < -0.39 is 32.5 Å². The van der Waals surface area contributed by atoms with Crippen LogP contribution in [0.4, 0.5) is 11.4 Å². The van der Waals surface area contributed by atoms with Gasteiger partial charge in [0.15, 0.2) is 0 Å². The first-order valence-electron chi connectivity index (χ1n) is 10.7. The number of sulfonamides is 1. The fourth-order valence-corrected chi connectivity index (χ4v) is 5.74. The van der Waals surface area contributed by atoms with Crippen molar-refractivity contribution in [1.82, 2.24) is 4.31 Å². The van der Waals surface area contributed by atoms with Crippen molar-refractivity contribution in [3.63, 3.8) is 0 Å². The number of carboxylic acid groups (broad SMARTS) is 1. The SMILES string of the molecule is O=C(O)C1CCN(S(=O)(=O)c2ccc(N/N=C3\CCCc4ccccc43)c([N+](=O)[O-])c2)CC1. The minimum Gasteiger partial charge on any atom is -0.481 e. The van der Waals surface area contributed by atoms with Crippen LogP contribution in [-0.4, -0.2) is 47.5 Å². The summed E-state index contributed by atoms with van der Waals surface area (Å²) < 4.78 is 27.2. The van der Waals surface area contributed by atoms with E-state index >= 15 is 0 Å². The molecule has 0 atom stereocenters. The fourth-order valence-electron chi connectivity index (χ4n) is 4.25. The standard InChI is InChI=1S/C22H24N4O6S/c27-22(28)16-10-12-25(13-11-16)33(31,32)17-8-9-20(21(14-17)26(29)30)24-23-19-7-3-5-15-4-1-2-6-18(15)19/h1-2,4,6,8-9,14,16,24H,3,5,7,10-13H2,(H,27,28)/b23-19+. The van der Waals surface area contributed by atoms with Gasteiger partial charge in [0.25, 0.3) is 5.69 Å². The molecular formula is C22H24N4O6S. The second-order valence-corrected chi connectivity index (χ2v) is 10.1. The van der Waals surface area contributed by atoms with Gasteiger partial charge in [0.2, 0.25) is 10.0 Å². The summed E-state index contributed by atoms with van der Waals surface area (Å²) in [5.74, 6) is -1.53. The summed E-state index contributed by atoms with van der Waals surface area (Å²) in [6.45, 7) is 0.111. The van der Waals surface area contributed by atoms with Gasteiger partial charge in [-0.2, -0.15) is 9.41 Å². The molecule has 0 unspecified atom stereocenters. The molecule has 0 aromatic heterocycles. The quantitative estimate of drug-likeness (QED) is 0.485. The van der Waals surface area contributed by atoms with Crippen molar-refractivity contribution in [3.05, 3.63) is 63.7 Å². The van der Waals surface area contributed by atoms with Crippen LogP contribution in [0.25, 0.3) is 0 Å². The predicted octanol–water partition coefficient (Wildman–Crippen LogP) is 3.23. The zero-order chi connectivity index (χ0) is 23.6. The van der Waals surface area contributed by atoms with E-state index in [-0.39, 0.29) is 36.5 Å². The summed E-state index contributed by atoms with van der Waals surface area (Å²) in [6, 6.07) is 11.6. The zero-order valence-electron chi connectivity index (χ0n) is 17.8. The molecule has 174 valence electrons. The van der Waals surface area contributed by atoms with Gasteiger partial charge in [-0.15, -0.1) is 0 Å². The van der Waals surface area contributed by atoms with E-state index in [1.54, 1.807) is 0 Å². The van der Waals surface area contributed by atoms with E-state index in [0.29, 0.717) is 0 Å².